The molecule has 0 atom stereocenters. The van der Waals surface area contributed by atoms with Crippen molar-refractivity contribution in [3.8, 4) is 11.5 Å². The second kappa shape index (κ2) is 8.08. The molecular formula is C19H14Cl2N2O3. The smallest absolute Gasteiger partial charge is 0.277 e. The van der Waals surface area contributed by atoms with Gasteiger partial charge in [0.15, 0.2) is 6.61 Å². The van der Waals surface area contributed by atoms with Gasteiger partial charge in [0, 0.05) is 16.0 Å². The fourth-order valence-electron chi connectivity index (χ4n) is 2.36. The Labute approximate surface area is 159 Å². The predicted molar refractivity (Wildman–Crippen MR) is 103 cm³/mol. The highest BCUT2D eigenvalue weighted by atomic mass is 35.5. The van der Waals surface area contributed by atoms with Crippen LogP contribution in [0, 0.1) is 0 Å². The number of fused-ring (bicyclic) bond motifs is 1. The molecule has 0 bridgehead atoms. The summed E-state index contributed by atoms with van der Waals surface area (Å²) in [4.78, 5) is 11.9. The summed E-state index contributed by atoms with van der Waals surface area (Å²) in [6, 6.07) is 16.2. The maximum Gasteiger partial charge on any atom is 0.277 e. The van der Waals surface area contributed by atoms with Crippen LogP contribution in [0.2, 0.25) is 10.0 Å². The van der Waals surface area contributed by atoms with E-state index in [1.807, 2.05) is 36.4 Å². The summed E-state index contributed by atoms with van der Waals surface area (Å²) < 4.78 is 5.57. The Morgan fingerprint density at radius 1 is 1.15 bits per heavy atom. The van der Waals surface area contributed by atoms with Crippen molar-refractivity contribution in [3.05, 3.63) is 70.2 Å². The lowest BCUT2D eigenvalue weighted by atomic mass is 10.1. The van der Waals surface area contributed by atoms with Crippen molar-refractivity contribution in [3.63, 3.8) is 0 Å². The SMILES string of the molecule is O=C(COc1cccc2ccccc12)N/N=C/c1cc(Cl)cc(Cl)c1O. The third-order valence-electron chi connectivity index (χ3n) is 3.56. The number of rotatable bonds is 5. The number of carbonyl (C=O) groups excluding carboxylic acids is 1. The molecule has 3 aromatic rings. The zero-order valence-corrected chi connectivity index (χ0v) is 15.0. The number of hydrazone groups is 1. The van der Waals surface area contributed by atoms with Crippen molar-refractivity contribution in [1.29, 1.82) is 0 Å². The van der Waals surface area contributed by atoms with E-state index in [2.05, 4.69) is 10.5 Å². The molecule has 0 spiro atoms. The predicted octanol–water partition coefficient (Wildman–Crippen LogP) is 4.38. The summed E-state index contributed by atoms with van der Waals surface area (Å²) in [6.07, 6.45) is 1.25. The van der Waals surface area contributed by atoms with Gasteiger partial charge in [0.25, 0.3) is 5.91 Å². The molecule has 1 amide bonds. The van der Waals surface area contributed by atoms with E-state index < -0.39 is 5.91 Å². The number of nitrogens with zero attached hydrogens (tertiary/aromatic N) is 1. The molecule has 0 unspecified atom stereocenters. The van der Waals surface area contributed by atoms with Crippen LogP contribution in [0.5, 0.6) is 11.5 Å². The standard InChI is InChI=1S/C19H14Cl2N2O3/c20-14-8-13(19(25)16(21)9-14)10-22-23-18(24)11-26-17-7-3-5-12-4-1-2-6-15(12)17/h1-10,25H,11H2,(H,23,24)/b22-10+. The average Bonchev–Trinajstić information content (AvgIpc) is 2.63. The maximum atomic E-state index is 11.9. The van der Waals surface area contributed by atoms with E-state index in [1.165, 1.54) is 18.3 Å². The molecule has 5 nitrogen and oxygen atoms in total. The van der Waals surface area contributed by atoms with Crippen LogP contribution in [0.15, 0.2) is 59.7 Å². The van der Waals surface area contributed by atoms with Crippen LogP contribution in [0.4, 0.5) is 0 Å². The number of halogens is 2. The van der Waals surface area contributed by atoms with Crippen molar-refractivity contribution in [1.82, 2.24) is 5.43 Å². The van der Waals surface area contributed by atoms with Crippen molar-refractivity contribution >= 4 is 46.1 Å². The molecule has 0 aliphatic heterocycles. The van der Waals surface area contributed by atoms with Gasteiger partial charge in [-0.3, -0.25) is 4.79 Å². The van der Waals surface area contributed by atoms with Gasteiger partial charge in [0.1, 0.15) is 11.5 Å². The number of amides is 1. The largest absolute Gasteiger partial charge is 0.506 e. The Morgan fingerprint density at radius 2 is 1.92 bits per heavy atom. The summed E-state index contributed by atoms with van der Waals surface area (Å²) in [5.41, 5.74) is 2.61. The fourth-order valence-corrected chi connectivity index (χ4v) is 2.86. The van der Waals surface area contributed by atoms with Gasteiger partial charge in [-0.1, -0.05) is 59.6 Å². The molecule has 0 fully saturated rings. The van der Waals surface area contributed by atoms with Crippen LogP contribution in [-0.2, 0) is 4.79 Å². The zero-order valence-electron chi connectivity index (χ0n) is 13.4. The Balaban J connectivity index is 1.61. The molecule has 2 N–H and O–H groups in total. The van der Waals surface area contributed by atoms with E-state index in [0.717, 1.165) is 10.8 Å². The molecule has 3 rings (SSSR count). The first-order chi connectivity index (χ1) is 12.5. The van der Waals surface area contributed by atoms with Gasteiger partial charge in [-0.25, -0.2) is 5.43 Å². The third-order valence-corrected chi connectivity index (χ3v) is 4.07. The third kappa shape index (κ3) is 4.25. The van der Waals surface area contributed by atoms with E-state index >= 15 is 0 Å². The van der Waals surface area contributed by atoms with Crippen LogP contribution in [-0.4, -0.2) is 23.8 Å². The van der Waals surface area contributed by atoms with Gasteiger partial charge in [-0.15, -0.1) is 0 Å². The van der Waals surface area contributed by atoms with Gasteiger partial charge in [-0.2, -0.15) is 5.10 Å². The minimum atomic E-state index is -0.443. The number of carbonyl (C=O) groups is 1. The first-order valence-electron chi connectivity index (χ1n) is 7.65. The average molecular weight is 389 g/mol. The molecule has 0 aliphatic rings. The molecule has 7 heteroatoms. The normalized spacial score (nSPS) is 11.0. The Hall–Kier alpha value is -2.76. The summed E-state index contributed by atoms with van der Waals surface area (Å²) in [5.74, 6) is 0.00404. The number of aromatic hydroxyl groups is 1. The molecule has 3 aromatic carbocycles. The quantitative estimate of drug-likeness (QED) is 0.503. The molecule has 0 heterocycles. The van der Waals surface area contributed by atoms with Crippen molar-refractivity contribution in [2.45, 2.75) is 0 Å². The van der Waals surface area contributed by atoms with Gasteiger partial charge in [-0.05, 0) is 23.6 Å². The van der Waals surface area contributed by atoms with Crippen LogP contribution in [0.25, 0.3) is 10.8 Å². The molecule has 0 aliphatic carbocycles. The van der Waals surface area contributed by atoms with E-state index in [9.17, 15) is 9.90 Å². The summed E-state index contributed by atoms with van der Waals surface area (Å²) in [6.45, 7) is -0.201. The number of phenolic OH excluding ortho intramolecular Hbond substituents is 1. The van der Waals surface area contributed by atoms with Crippen molar-refractivity contribution in [2.24, 2.45) is 5.10 Å². The summed E-state index contributed by atoms with van der Waals surface area (Å²) in [5, 5.41) is 16.0. The number of benzene rings is 3. The van der Waals surface area contributed by atoms with Gasteiger partial charge < -0.3 is 9.84 Å². The number of phenols is 1. The topological polar surface area (TPSA) is 70.9 Å². The highest BCUT2D eigenvalue weighted by Crippen LogP contribution is 2.30. The first-order valence-corrected chi connectivity index (χ1v) is 8.40. The Bertz CT molecular complexity index is 984. The molecule has 0 saturated heterocycles. The molecule has 26 heavy (non-hydrogen) atoms. The lowest BCUT2D eigenvalue weighted by Crippen LogP contribution is -2.24. The summed E-state index contributed by atoms with van der Waals surface area (Å²) >= 11 is 11.7. The van der Waals surface area contributed by atoms with Gasteiger partial charge in [0.2, 0.25) is 0 Å². The highest BCUT2D eigenvalue weighted by molar-refractivity contribution is 6.36. The van der Waals surface area contributed by atoms with Crippen LogP contribution < -0.4 is 10.2 Å². The van der Waals surface area contributed by atoms with Gasteiger partial charge >= 0.3 is 0 Å². The maximum absolute atomic E-state index is 11.9. The molecular weight excluding hydrogens is 375 g/mol. The number of hydrogen-bond donors (Lipinski definition) is 2. The fraction of sp³-hybridized carbons (Fsp3) is 0.0526. The molecule has 0 radical (unpaired) electrons. The highest BCUT2D eigenvalue weighted by Gasteiger charge is 2.07. The Kier molecular flexibility index (Phi) is 5.61. The lowest BCUT2D eigenvalue weighted by molar-refractivity contribution is -0.123. The van der Waals surface area contributed by atoms with E-state index in [-0.39, 0.29) is 22.9 Å². The number of hydrogen-bond acceptors (Lipinski definition) is 4. The lowest BCUT2D eigenvalue weighted by Gasteiger charge is -2.08. The van der Waals surface area contributed by atoms with E-state index in [0.29, 0.717) is 10.8 Å². The van der Waals surface area contributed by atoms with Crippen LogP contribution >= 0.6 is 23.2 Å². The second-order valence-corrected chi connectivity index (χ2v) is 6.23. The first kappa shape index (κ1) is 18.0. The minimum absolute atomic E-state index is 0.101. The Morgan fingerprint density at radius 3 is 2.77 bits per heavy atom. The molecule has 0 saturated carbocycles. The zero-order chi connectivity index (χ0) is 18.5. The van der Waals surface area contributed by atoms with Crippen molar-refractivity contribution < 1.29 is 14.6 Å². The van der Waals surface area contributed by atoms with E-state index in [1.54, 1.807) is 6.07 Å². The number of nitrogens with one attached hydrogen (secondary N) is 1. The van der Waals surface area contributed by atoms with Gasteiger partial charge in [0.05, 0.1) is 11.2 Å². The van der Waals surface area contributed by atoms with Crippen LogP contribution in [0.1, 0.15) is 5.56 Å². The number of ether oxygens (including phenoxy) is 1. The van der Waals surface area contributed by atoms with Crippen molar-refractivity contribution in [2.75, 3.05) is 6.61 Å². The van der Waals surface area contributed by atoms with E-state index in [4.69, 9.17) is 27.9 Å². The summed E-state index contributed by atoms with van der Waals surface area (Å²) in [7, 11) is 0. The minimum Gasteiger partial charge on any atom is -0.506 e. The molecule has 0 aromatic heterocycles. The second-order valence-electron chi connectivity index (χ2n) is 5.38. The monoisotopic (exact) mass is 388 g/mol. The van der Waals surface area contributed by atoms with Crippen LogP contribution in [0.3, 0.4) is 0 Å². The molecule has 132 valence electrons.